The number of ether oxygens (including phenoxy) is 1. The van der Waals surface area contributed by atoms with Crippen LogP contribution in [-0.4, -0.2) is 27.5 Å². The fraction of sp³-hybridized carbons (Fsp3) is 0.167. The van der Waals surface area contributed by atoms with Gasteiger partial charge in [0.15, 0.2) is 12.0 Å². The van der Waals surface area contributed by atoms with Crippen molar-refractivity contribution in [2.75, 3.05) is 12.3 Å². The number of para-hydroxylation sites is 1. The molecule has 3 rings (SSSR count). The van der Waals surface area contributed by atoms with E-state index >= 15 is 0 Å². The minimum atomic E-state index is -1.06. The molecule has 1 aromatic carbocycles. The predicted octanol–water partition coefficient (Wildman–Crippen LogP) is -0.188. The lowest BCUT2D eigenvalue weighted by Crippen LogP contribution is -2.42. The van der Waals surface area contributed by atoms with Gasteiger partial charge in [0.2, 0.25) is 11.5 Å². The second kappa shape index (κ2) is 6.99. The van der Waals surface area contributed by atoms with Gasteiger partial charge in [-0.25, -0.2) is 9.59 Å². The van der Waals surface area contributed by atoms with E-state index in [0.29, 0.717) is 4.57 Å². The first kappa shape index (κ1) is 18.8. The highest BCUT2D eigenvalue weighted by atomic mass is 16.5. The van der Waals surface area contributed by atoms with E-state index in [1.165, 1.54) is 26.2 Å². The van der Waals surface area contributed by atoms with E-state index in [1.54, 1.807) is 12.1 Å². The number of rotatable bonds is 4. The van der Waals surface area contributed by atoms with Crippen molar-refractivity contribution in [3.8, 4) is 0 Å². The van der Waals surface area contributed by atoms with Gasteiger partial charge >= 0.3 is 11.7 Å². The summed E-state index contributed by atoms with van der Waals surface area (Å²) in [7, 11) is 2.49. The van der Waals surface area contributed by atoms with Crippen LogP contribution in [0.2, 0.25) is 0 Å². The molecule has 0 bridgehead atoms. The lowest BCUT2D eigenvalue weighted by Gasteiger charge is -2.10. The van der Waals surface area contributed by atoms with Gasteiger partial charge in [-0.15, -0.1) is 0 Å². The minimum Gasteiger partial charge on any atom is -0.451 e. The van der Waals surface area contributed by atoms with Gasteiger partial charge in [-0.2, -0.15) is 0 Å². The van der Waals surface area contributed by atoms with Crippen LogP contribution in [0.25, 0.3) is 11.0 Å². The van der Waals surface area contributed by atoms with Gasteiger partial charge < -0.3 is 14.9 Å². The number of carbonyl (C=O) groups excluding carboxylic acids is 2. The number of nitrogens with zero attached hydrogens (tertiary/aromatic N) is 2. The van der Waals surface area contributed by atoms with Gasteiger partial charge in [0, 0.05) is 20.2 Å². The summed E-state index contributed by atoms with van der Waals surface area (Å²) < 4.78 is 11.8. The normalized spacial score (nSPS) is 10.8. The summed E-state index contributed by atoms with van der Waals surface area (Å²) in [6.45, 7) is -0.826. The summed E-state index contributed by atoms with van der Waals surface area (Å²) in [4.78, 5) is 60.5. The van der Waals surface area contributed by atoms with Crippen molar-refractivity contribution in [1.29, 1.82) is 0 Å². The maximum Gasteiger partial charge on any atom is 0.374 e. The van der Waals surface area contributed by atoms with Gasteiger partial charge in [0.25, 0.3) is 5.56 Å². The van der Waals surface area contributed by atoms with Crippen molar-refractivity contribution >= 4 is 28.5 Å². The summed E-state index contributed by atoms with van der Waals surface area (Å²) in [6.07, 6.45) is 0. The Morgan fingerprint density at radius 1 is 1.11 bits per heavy atom. The number of fused-ring (bicyclic) bond motifs is 1. The molecule has 0 unspecified atom stereocenters. The molecule has 0 saturated carbocycles. The third kappa shape index (κ3) is 3.11. The molecule has 0 aliphatic heterocycles. The lowest BCUT2D eigenvalue weighted by molar-refractivity contribution is 0.0444. The molecule has 144 valence electrons. The number of aromatic nitrogens is 2. The molecule has 0 atom stereocenters. The van der Waals surface area contributed by atoms with Crippen molar-refractivity contribution in [2.45, 2.75) is 0 Å². The Bertz CT molecular complexity index is 1300. The van der Waals surface area contributed by atoms with E-state index < -0.39 is 46.4 Å². The summed E-state index contributed by atoms with van der Waals surface area (Å²) in [5.74, 6) is -2.69. The van der Waals surface area contributed by atoms with E-state index in [-0.39, 0.29) is 16.8 Å². The fourth-order valence-corrected chi connectivity index (χ4v) is 2.60. The number of esters is 1. The van der Waals surface area contributed by atoms with Crippen molar-refractivity contribution in [3.05, 3.63) is 72.7 Å². The average molecular weight is 385 g/mol. The van der Waals surface area contributed by atoms with E-state index in [2.05, 4.69) is 0 Å². The topological polar surface area (TPSA) is 144 Å². The molecule has 10 nitrogen and oxygen atoms in total. The third-order valence-electron chi connectivity index (χ3n) is 4.16. The molecule has 0 saturated heterocycles. The molecule has 28 heavy (non-hydrogen) atoms. The molecule has 10 heteroatoms. The molecule has 2 heterocycles. The molecule has 2 N–H and O–H groups in total. The summed E-state index contributed by atoms with van der Waals surface area (Å²) in [6, 6.07) is 7.27. The standard InChI is InChI=1S/C18H15N3O7/c1-20-15(19)14(16(24)21(2)18(20)26)11(23)8-27-17(25)13-7-10(22)9-5-3-4-6-12(9)28-13/h3-7H,8,19H2,1-2H3. The molecule has 3 aromatic rings. The van der Waals surface area contributed by atoms with E-state index in [0.717, 1.165) is 10.6 Å². The minimum absolute atomic E-state index is 0.185. The number of hydrogen-bond acceptors (Lipinski definition) is 8. The summed E-state index contributed by atoms with van der Waals surface area (Å²) in [5, 5.41) is 0.289. The Hall–Kier alpha value is -3.95. The van der Waals surface area contributed by atoms with E-state index in [9.17, 15) is 24.0 Å². The molecule has 0 spiro atoms. The zero-order valence-corrected chi connectivity index (χ0v) is 14.9. The van der Waals surface area contributed by atoms with Crippen molar-refractivity contribution in [1.82, 2.24) is 9.13 Å². The Balaban J connectivity index is 1.86. The van der Waals surface area contributed by atoms with Crippen LogP contribution in [0.3, 0.4) is 0 Å². The Kier molecular flexibility index (Phi) is 4.70. The maximum absolute atomic E-state index is 12.3. The fourth-order valence-electron chi connectivity index (χ4n) is 2.60. The number of nitrogens with two attached hydrogens (primary N) is 1. The Labute approximate surface area is 156 Å². The highest BCUT2D eigenvalue weighted by Gasteiger charge is 2.22. The average Bonchev–Trinajstić information content (AvgIpc) is 2.69. The first-order valence-electron chi connectivity index (χ1n) is 8.01. The SMILES string of the molecule is Cn1c(N)c(C(=O)COC(=O)c2cc(=O)c3ccccc3o2)c(=O)n(C)c1=O. The summed E-state index contributed by atoms with van der Waals surface area (Å²) in [5.41, 5.74) is 3.34. The van der Waals surface area contributed by atoms with Crippen LogP contribution >= 0.6 is 0 Å². The Morgan fingerprint density at radius 2 is 1.79 bits per heavy atom. The van der Waals surface area contributed by atoms with Crippen molar-refractivity contribution in [2.24, 2.45) is 14.1 Å². The summed E-state index contributed by atoms with van der Waals surface area (Å²) >= 11 is 0. The number of benzene rings is 1. The largest absolute Gasteiger partial charge is 0.451 e. The van der Waals surface area contributed by atoms with Crippen LogP contribution in [0.5, 0.6) is 0 Å². The first-order chi connectivity index (χ1) is 13.2. The highest BCUT2D eigenvalue weighted by Crippen LogP contribution is 2.13. The van der Waals surface area contributed by atoms with Gasteiger partial charge in [-0.1, -0.05) is 12.1 Å². The maximum atomic E-state index is 12.3. The van der Waals surface area contributed by atoms with Crippen molar-refractivity contribution in [3.63, 3.8) is 0 Å². The second-order valence-corrected chi connectivity index (χ2v) is 5.94. The number of anilines is 1. The van der Waals surface area contributed by atoms with Crippen LogP contribution in [0, 0.1) is 0 Å². The van der Waals surface area contributed by atoms with Crippen LogP contribution in [0.1, 0.15) is 20.9 Å². The van der Waals surface area contributed by atoms with Gasteiger partial charge in [-0.3, -0.25) is 23.5 Å². The number of nitrogen functional groups attached to an aromatic ring is 1. The van der Waals surface area contributed by atoms with Crippen molar-refractivity contribution < 1.29 is 18.7 Å². The molecule has 0 amide bonds. The molecule has 0 aliphatic rings. The van der Waals surface area contributed by atoms with E-state index in [1.807, 2.05) is 0 Å². The lowest BCUT2D eigenvalue weighted by atomic mass is 10.2. The smallest absolute Gasteiger partial charge is 0.374 e. The monoisotopic (exact) mass is 385 g/mol. The quantitative estimate of drug-likeness (QED) is 0.481. The molecule has 2 aromatic heterocycles. The molecule has 0 fully saturated rings. The highest BCUT2D eigenvalue weighted by molar-refractivity contribution is 6.02. The number of carbonyl (C=O) groups is 2. The molecular weight excluding hydrogens is 370 g/mol. The molecule has 0 aliphatic carbocycles. The van der Waals surface area contributed by atoms with Crippen LogP contribution < -0.4 is 22.4 Å². The predicted molar refractivity (Wildman–Crippen MR) is 98.4 cm³/mol. The van der Waals surface area contributed by atoms with Gasteiger partial charge in [-0.05, 0) is 12.1 Å². The van der Waals surface area contributed by atoms with Gasteiger partial charge in [0.05, 0.1) is 5.39 Å². The molecular formula is C18H15N3O7. The second-order valence-electron chi connectivity index (χ2n) is 5.94. The van der Waals surface area contributed by atoms with E-state index in [4.69, 9.17) is 14.9 Å². The van der Waals surface area contributed by atoms with Gasteiger partial charge in [0.1, 0.15) is 17.0 Å². The van der Waals surface area contributed by atoms with Crippen LogP contribution in [0.4, 0.5) is 5.82 Å². The third-order valence-corrected chi connectivity index (χ3v) is 4.16. The number of ketones is 1. The first-order valence-corrected chi connectivity index (χ1v) is 8.01. The zero-order valence-electron chi connectivity index (χ0n) is 14.9. The number of Topliss-reactive ketones (excluding diaryl/α,β-unsaturated/α-hetero) is 1. The Morgan fingerprint density at radius 3 is 2.50 bits per heavy atom. The zero-order chi connectivity index (χ0) is 20.6. The van der Waals surface area contributed by atoms with Crippen LogP contribution in [0.15, 0.2) is 49.1 Å². The molecule has 0 radical (unpaired) electrons. The number of hydrogen-bond donors (Lipinski definition) is 1. The van der Waals surface area contributed by atoms with Crippen LogP contribution in [-0.2, 0) is 18.8 Å².